The first-order chi connectivity index (χ1) is 17.3. The first kappa shape index (κ1) is 27.9. The molecule has 1 aromatic heterocycles. The zero-order valence-electron chi connectivity index (χ0n) is 20.1. The van der Waals surface area contributed by atoms with Gasteiger partial charge in [0.2, 0.25) is 17.7 Å². The summed E-state index contributed by atoms with van der Waals surface area (Å²) >= 11 is 5.73. The lowest BCUT2D eigenvalue weighted by Gasteiger charge is -2.24. The van der Waals surface area contributed by atoms with Crippen LogP contribution in [-0.2, 0) is 25.6 Å². The molecule has 4 unspecified atom stereocenters. The smallest absolute Gasteiger partial charge is 0.326 e. The zero-order chi connectivity index (χ0) is 26.1. The standard InChI is InChI=1S/C24H33N5O5S2/c1-36-10-8-18(27-21(30)17-7-4-9-25-17)22(31)29-20(13-35)23(32)28-19(24(33)34)11-14-12-26-16-6-3-2-5-15(14)16/h2-3,5-6,12,17-20,25-26,35H,4,7-11,13H2,1H3,(H,27,30)(H,28,32)(H,29,31)(H,33,34). The first-order valence-corrected chi connectivity index (χ1v) is 13.9. The maximum Gasteiger partial charge on any atom is 0.326 e. The average Bonchev–Trinajstić information content (AvgIpc) is 3.55. The maximum absolute atomic E-state index is 13.0. The van der Waals surface area contributed by atoms with E-state index >= 15 is 0 Å². The lowest BCUT2D eigenvalue weighted by atomic mass is 10.0. The van der Waals surface area contributed by atoms with Crippen LogP contribution in [0.2, 0.25) is 0 Å². The van der Waals surface area contributed by atoms with Gasteiger partial charge >= 0.3 is 5.97 Å². The molecular formula is C24H33N5O5S2. The number of rotatable bonds is 13. The molecule has 1 fully saturated rings. The Kier molecular flexibility index (Phi) is 10.5. The topological polar surface area (TPSA) is 152 Å². The minimum absolute atomic E-state index is 0.0373. The Bertz CT molecular complexity index is 1070. The van der Waals surface area contributed by atoms with Crippen LogP contribution in [0.5, 0.6) is 0 Å². The third-order valence-corrected chi connectivity index (χ3v) is 7.16. The Labute approximate surface area is 219 Å². The van der Waals surface area contributed by atoms with E-state index in [2.05, 4.69) is 38.9 Å². The second-order valence-electron chi connectivity index (χ2n) is 8.70. The Balaban J connectivity index is 1.64. The van der Waals surface area contributed by atoms with Crippen LogP contribution in [0.1, 0.15) is 24.8 Å². The number of benzene rings is 1. The third kappa shape index (κ3) is 7.40. The summed E-state index contributed by atoms with van der Waals surface area (Å²) in [5.74, 6) is -1.99. The number of carboxylic acids is 1. The Morgan fingerprint density at radius 3 is 2.50 bits per heavy atom. The number of aliphatic carboxylic acids is 1. The normalized spacial score (nSPS) is 17.8. The summed E-state index contributed by atoms with van der Waals surface area (Å²) < 4.78 is 0. The van der Waals surface area contributed by atoms with Gasteiger partial charge in [0.1, 0.15) is 18.1 Å². The van der Waals surface area contributed by atoms with E-state index in [1.807, 2.05) is 30.5 Å². The van der Waals surface area contributed by atoms with Gasteiger partial charge in [-0.2, -0.15) is 24.4 Å². The van der Waals surface area contributed by atoms with Crippen molar-refractivity contribution in [3.8, 4) is 0 Å². The largest absolute Gasteiger partial charge is 0.480 e. The molecule has 2 aromatic rings. The van der Waals surface area contributed by atoms with Crippen LogP contribution in [0, 0.1) is 0 Å². The number of aromatic amines is 1. The zero-order valence-corrected chi connectivity index (χ0v) is 21.8. The molecule has 0 saturated carbocycles. The predicted octanol–water partition coefficient (Wildman–Crippen LogP) is 0.684. The van der Waals surface area contributed by atoms with Crippen molar-refractivity contribution in [1.29, 1.82) is 0 Å². The molecule has 36 heavy (non-hydrogen) atoms. The fourth-order valence-corrected chi connectivity index (χ4v) is 4.87. The molecule has 10 nitrogen and oxygen atoms in total. The van der Waals surface area contributed by atoms with Gasteiger partial charge in [-0.15, -0.1) is 0 Å². The molecular weight excluding hydrogens is 502 g/mol. The number of thiol groups is 1. The molecule has 1 aliphatic heterocycles. The highest BCUT2D eigenvalue weighted by Gasteiger charge is 2.31. The minimum Gasteiger partial charge on any atom is -0.480 e. The second-order valence-corrected chi connectivity index (χ2v) is 10.0. The van der Waals surface area contributed by atoms with Crippen molar-refractivity contribution in [3.05, 3.63) is 36.0 Å². The van der Waals surface area contributed by atoms with E-state index in [9.17, 15) is 24.3 Å². The fraction of sp³-hybridized carbons (Fsp3) is 0.500. The molecule has 6 N–H and O–H groups in total. The van der Waals surface area contributed by atoms with Crippen LogP contribution < -0.4 is 21.3 Å². The quantitative estimate of drug-likeness (QED) is 0.186. The highest BCUT2D eigenvalue weighted by molar-refractivity contribution is 7.98. The molecule has 1 aromatic carbocycles. The minimum atomic E-state index is -1.20. The van der Waals surface area contributed by atoms with E-state index < -0.39 is 35.9 Å². The number of thioether (sulfide) groups is 1. The number of carbonyl (C=O) groups excluding carboxylic acids is 3. The molecule has 0 spiro atoms. The number of hydrogen-bond acceptors (Lipinski definition) is 7. The van der Waals surface area contributed by atoms with Gasteiger partial charge in [-0.25, -0.2) is 4.79 Å². The Hall–Kier alpha value is -2.70. The van der Waals surface area contributed by atoms with Crippen LogP contribution >= 0.6 is 24.4 Å². The number of hydrogen-bond donors (Lipinski definition) is 7. The van der Waals surface area contributed by atoms with Gasteiger partial charge < -0.3 is 31.4 Å². The van der Waals surface area contributed by atoms with E-state index in [0.717, 1.165) is 29.4 Å². The molecule has 0 radical (unpaired) electrons. The van der Waals surface area contributed by atoms with Crippen LogP contribution in [-0.4, -0.2) is 82.3 Å². The summed E-state index contributed by atoms with van der Waals surface area (Å²) in [6.45, 7) is 0.755. The molecule has 2 heterocycles. The molecule has 4 atom stereocenters. The molecule has 196 valence electrons. The van der Waals surface area contributed by atoms with Gasteiger partial charge in [-0.1, -0.05) is 18.2 Å². The van der Waals surface area contributed by atoms with Gasteiger partial charge in [0.05, 0.1) is 6.04 Å². The van der Waals surface area contributed by atoms with Crippen LogP contribution in [0.15, 0.2) is 30.5 Å². The highest BCUT2D eigenvalue weighted by atomic mass is 32.2. The van der Waals surface area contributed by atoms with Crippen molar-refractivity contribution in [2.45, 2.75) is 49.9 Å². The Morgan fingerprint density at radius 1 is 1.11 bits per heavy atom. The van der Waals surface area contributed by atoms with E-state index in [0.29, 0.717) is 18.6 Å². The third-order valence-electron chi connectivity index (χ3n) is 6.15. The van der Waals surface area contributed by atoms with E-state index in [1.54, 1.807) is 18.0 Å². The monoisotopic (exact) mass is 535 g/mol. The summed E-state index contributed by atoms with van der Waals surface area (Å²) in [7, 11) is 0. The van der Waals surface area contributed by atoms with Crippen molar-refractivity contribution in [2.24, 2.45) is 0 Å². The van der Waals surface area contributed by atoms with Crippen LogP contribution in [0.4, 0.5) is 0 Å². The number of aromatic nitrogens is 1. The average molecular weight is 536 g/mol. The Morgan fingerprint density at radius 2 is 1.83 bits per heavy atom. The van der Waals surface area contributed by atoms with E-state index in [1.165, 1.54) is 0 Å². The number of H-pyrrole nitrogens is 1. The van der Waals surface area contributed by atoms with Crippen molar-refractivity contribution in [1.82, 2.24) is 26.3 Å². The number of para-hydroxylation sites is 1. The van der Waals surface area contributed by atoms with Gasteiger partial charge in [0.25, 0.3) is 0 Å². The summed E-state index contributed by atoms with van der Waals surface area (Å²) in [4.78, 5) is 53.5. The summed E-state index contributed by atoms with van der Waals surface area (Å²) in [5, 5.41) is 21.7. The lowest BCUT2D eigenvalue weighted by Crippen LogP contribution is -2.57. The highest BCUT2D eigenvalue weighted by Crippen LogP contribution is 2.19. The number of nitrogens with one attached hydrogen (secondary N) is 5. The summed E-state index contributed by atoms with van der Waals surface area (Å²) in [6.07, 6.45) is 5.69. The molecule has 3 rings (SSSR count). The van der Waals surface area contributed by atoms with Gasteiger partial charge in [-0.3, -0.25) is 14.4 Å². The molecule has 3 amide bonds. The van der Waals surface area contributed by atoms with Crippen LogP contribution in [0.25, 0.3) is 10.9 Å². The SMILES string of the molecule is CSCCC(NC(=O)C1CCCN1)C(=O)NC(CS)C(=O)NC(Cc1c[nH]c2ccccc12)C(=O)O. The first-order valence-electron chi connectivity index (χ1n) is 11.9. The van der Waals surface area contributed by atoms with Crippen molar-refractivity contribution < 1.29 is 24.3 Å². The number of fused-ring (bicyclic) bond motifs is 1. The maximum atomic E-state index is 13.0. The van der Waals surface area contributed by atoms with Crippen molar-refractivity contribution >= 4 is 59.0 Å². The molecule has 1 aliphatic rings. The number of carbonyl (C=O) groups is 4. The summed E-state index contributed by atoms with van der Waals surface area (Å²) in [5.41, 5.74) is 1.62. The second kappa shape index (κ2) is 13.6. The lowest BCUT2D eigenvalue weighted by molar-refractivity contribution is -0.142. The van der Waals surface area contributed by atoms with Crippen molar-refractivity contribution in [3.63, 3.8) is 0 Å². The van der Waals surface area contributed by atoms with E-state index in [-0.39, 0.29) is 24.1 Å². The molecule has 0 bridgehead atoms. The summed E-state index contributed by atoms with van der Waals surface area (Å²) in [6, 6.07) is 4.08. The van der Waals surface area contributed by atoms with Gasteiger partial charge in [0.15, 0.2) is 0 Å². The number of carboxylic acid groups (broad SMARTS) is 1. The van der Waals surface area contributed by atoms with Crippen molar-refractivity contribution in [2.75, 3.05) is 24.3 Å². The molecule has 0 aliphatic carbocycles. The predicted molar refractivity (Wildman–Crippen MR) is 143 cm³/mol. The fourth-order valence-electron chi connectivity index (χ4n) is 4.14. The van der Waals surface area contributed by atoms with Gasteiger partial charge in [-0.05, 0) is 49.4 Å². The van der Waals surface area contributed by atoms with Crippen LogP contribution in [0.3, 0.4) is 0 Å². The van der Waals surface area contributed by atoms with E-state index in [4.69, 9.17) is 0 Å². The molecule has 1 saturated heterocycles. The van der Waals surface area contributed by atoms with Gasteiger partial charge in [0, 0.05) is 29.3 Å². The molecule has 12 heteroatoms. The number of amides is 3.